The molecule has 0 fully saturated rings. The number of amides is 2. The average molecular weight is 513 g/mol. The van der Waals surface area contributed by atoms with Gasteiger partial charge in [0.25, 0.3) is 0 Å². The van der Waals surface area contributed by atoms with E-state index in [-0.39, 0.29) is 24.8 Å². The van der Waals surface area contributed by atoms with Gasteiger partial charge < -0.3 is 18.9 Å². The molecule has 0 radical (unpaired) electrons. The molecule has 1 aliphatic heterocycles. The Bertz CT molecular complexity index is 1060. The molecule has 8 heteroatoms. The fourth-order valence-corrected chi connectivity index (χ4v) is 4.96. The third-order valence-electron chi connectivity index (χ3n) is 6.53. The number of ether oxygens (including phenoxy) is 4. The van der Waals surface area contributed by atoms with Crippen LogP contribution in [-0.2, 0) is 16.0 Å². The third kappa shape index (κ3) is 6.67. The largest absolute Gasteiger partial charge is 0.493 e. The minimum atomic E-state index is -0.418. The number of rotatable bonds is 9. The van der Waals surface area contributed by atoms with Gasteiger partial charge in [0.1, 0.15) is 6.10 Å². The molecule has 0 bridgehead atoms. The molecule has 0 saturated carbocycles. The zero-order valence-electron chi connectivity index (χ0n) is 23.0. The van der Waals surface area contributed by atoms with Crippen molar-refractivity contribution in [1.82, 2.24) is 4.90 Å². The predicted molar refractivity (Wildman–Crippen MR) is 143 cm³/mol. The highest BCUT2D eigenvalue weighted by atomic mass is 16.6. The van der Waals surface area contributed by atoms with Crippen molar-refractivity contribution in [3.8, 4) is 11.5 Å². The van der Waals surface area contributed by atoms with Gasteiger partial charge >= 0.3 is 12.2 Å². The first-order valence-electron chi connectivity index (χ1n) is 12.9. The molecule has 2 aromatic rings. The molecule has 3 rings (SSSR count). The summed E-state index contributed by atoms with van der Waals surface area (Å²) in [4.78, 5) is 30.1. The molecule has 3 atom stereocenters. The number of carbonyl (C=O) groups excluding carboxylic acids is 2. The molecule has 0 spiro atoms. The number of hydrogen-bond donors (Lipinski definition) is 0. The lowest BCUT2D eigenvalue weighted by molar-refractivity contribution is 0.0787. The van der Waals surface area contributed by atoms with E-state index >= 15 is 0 Å². The second-order valence-electron chi connectivity index (χ2n) is 9.87. The van der Waals surface area contributed by atoms with Crippen LogP contribution < -0.4 is 14.4 Å². The van der Waals surface area contributed by atoms with Gasteiger partial charge in [-0.25, -0.2) is 9.59 Å². The van der Waals surface area contributed by atoms with Crippen LogP contribution >= 0.6 is 0 Å². The maximum absolute atomic E-state index is 13.4. The van der Waals surface area contributed by atoms with Crippen LogP contribution in [0.5, 0.6) is 11.5 Å². The van der Waals surface area contributed by atoms with Gasteiger partial charge in [0.15, 0.2) is 11.5 Å². The standard InChI is InChI=1S/C29H40N2O6/c1-8-36-28(32)30(18-22-12-10-9-11-13-22)24-15-20(4)31(29(33)37-21(5)14-19(2)3)25-17-27(35-7)26(34-6)16-23(24)25/h9-13,16-17,19-21,24H,8,14-15,18H2,1-7H3/t20-,21?,24+/m0/s1. The van der Waals surface area contributed by atoms with Gasteiger partial charge in [-0.1, -0.05) is 44.2 Å². The molecule has 1 heterocycles. The van der Waals surface area contributed by atoms with E-state index in [1.54, 1.807) is 37.0 Å². The number of fused-ring (bicyclic) bond motifs is 1. The molecule has 0 aliphatic carbocycles. The molecule has 0 aromatic heterocycles. The van der Waals surface area contributed by atoms with Crippen molar-refractivity contribution in [2.45, 2.75) is 72.2 Å². The molecule has 1 aliphatic rings. The molecular formula is C29H40N2O6. The van der Waals surface area contributed by atoms with Gasteiger partial charge in [-0.15, -0.1) is 0 Å². The molecule has 202 valence electrons. The van der Waals surface area contributed by atoms with E-state index < -0.39 is 12.2 Å². The normalized spacial score (nSPS) is 17.6. The summed E-state index contributed by atoms with van der Waals surface area (Å²) in [6.45, 7) is 10.5. The minimum absolute atomic E-state index is 0.227. The smallest absolute Gasteiger partial charge is 0.414 e. The first-order chi connectivity index (χ1) is 17.7. The number of anilines is 1. The lowest BCUT2D eigenvalue weighted by Crippen LogP contribution is -2.48. The predicted octanol–water partition coefficient (Wildman–Crippen LogP) is 6.57. The second kappa shape index (κ2) is 12.7. The first-order valence-corrected chi connectivity index (χ1v) is 12.9. The van der Waals surface area contributed by atoms with Crippen molar-refractivity contribution in [3.63, 3.8) is 0 Å². The van der Waals surface area contributed by atoms with Crippen LogP contribution in [-0.4, -0.2) is 50.1 Å². The highest BCUT2D eigenvalue weighted by Gasteiger charge is 2.40. The van der Waals surface area contributed by atoms with Crippen molar-refractivity contribution in [2.75, 3.05) is 25.7 Å². The van der Waals surface area contributed by atoms with Crippen molar-refractivity contribution in [2.24, 2.45) is 5.92 Å². The number of methoxy groups -OCH3 is 2. The van der Waals surface area contributed by atoms with E-state index in [9.17, 15) is 9.59 Å². The summed E-state index contributed by atoms with van der Waals surface area (Å²) in [5.74, 6) is 1.41. The summed E-state index contributed by atoms with van der Waals surface area (Å²) in [6, 6.07) is 12.8. The fraction of sp³-hybridized carbons (Fsp3) is 0.517. The Morgan fingerprint density at radius 2 is 1.70 bits per heavy atom. The highest BCUT2D eigenvalue weighted by Crippen LogP contribution is 2.46. The highest BCUT2D eigenvalue weighted by molar-refractivity contribution is 5.91. The second-order valence-corrected chi connectivity index (χ2v) is 9.87. The zero-order valence-corrected chi connectivity index (χ0v) is 23.0. The van der Waals surface area contributed by atoms with E-state index in [0.717, 1.165) is 17.5 Å². The van der Waals surface area contributed by atoms with Crippen LogP contribution in [0.4, 0.5) is 15.3 Å². The van der Waals surface area contributed by atoms with E-state index in [4.69, 9.17) is 18.9 Å². The maximum atomic E-state index is 13.4. The summed E-state index contributed by atoms with van der Waals surface area (Å²) in [5.41, 5.74) is 2.38. The minimum Gasteiger partial charge on any atom is -0.493 e. The Morgan fingerprint density at radius 3 is 2.30 bits per heavy atom. The van der Waals surface area contributed by atoms with Gasteiger partial charge in [0, 0.05) is 24.2 Å². The van der Waals surface area contributed by atoms with Crippen molar-refractivity contribution < 1.29 is 28.5 Å². The van der Waals surface area contributed by atoms with Crippen LogP contribution in [0.15, 0.2) is 42.5 Å². The Hall–Kier alpha value is -3.42. The number of nitrogens with zero attached hydrogens (tertiary/aromatic N) is 2. The SMILES string of the molecule is CCOC(=O)N(Cc1ccccc1)[C@@H]1C[C@H](C)N(C(=O)OC(C)CC(C)C)c2cc(OC)c(OC)cc21. The number of benzene rings is 2. The number of hydrogen-bond acceptors (Lipinski definition) is 6. The Labute approximate surface area is 220 Å². The van der Waals surface area contributed by atoms with Crippen molar-refractivity contribution in [1.29, 1.82) is 0 Å². The first kappa shape index (κ1) is 28.2. The van der Waals surface area contributed by atoms with E-state index in [2.05, 4.69) is 13.8 Å². The molecule has 2 aromatic carbocycles. The summed E-state index contributed by atoms with van der Waals surface area (Å²) in [6.07, 6.45) is 0.213. The van der Waals surface area contributed by atoms with Crippen LogP contribution in [0.25, 0.3) is 0 Å². The summed E-state index contributed by atoms with van der Waals surface area (Å²) < 4.78 is 22.5. The van der Waals surface area contributed by atoms with Gasteiger partial charge in [0.05, 0.1) is 32.6 Å². The third-order valence-corrected chi connectivity index (χ3v) is 6.53. The maximum Gasteiger partial charge on any atom is 0.414 e. The topological polar surface area (TPSA) is 77.5 Å². The summed E-state index contributed by atoms with van der Waals surface area (Å²) >= 11 is 0. The Morgan fingerprint density at radius 1 is 1.05 bits per heavy atom. The zero-order chi connectivity index (χ0) is 27.1. The van der Waals surface area contributed by atoms with Gasteiger partial charge in [-0.05, 0) is 51.2 Å². The molecule has 0 saturated heterocycles. The lowest BCUT2D eigenvalue weighted by atomic mass is 9.90. The van der Waals surface area contributed by atoms with Gasteiger partial charge in [-0.3, -0.25) is 9.80 Å². The van der Waals surface area contributed by atoms with E-state index in [1.807, 2.05) is 50.2 Å². The Kier molecular flexibility index (Phi) is 9.66. The van der Waals surface area contributed by atoms with E-state index in [1.165, 1.54) is 0 Å². The average Bonchev–Trinajstić information content (AvgIpc) is 2.86. The fourth-order valence-electron chi connectivity index (χ4n) is 4.96. The number of carbonyl (C=O) groups is 2. The molecule has 0 N–H and O–H groups in total. The molecule has 2 amide bonds. The lowest BCUT2D eigenvalue weighted by Gasteiger charge is -2.43. The summed E-state index contributed by atoms with van der Waals surface area (Å²) in [5, 5.41) is 0. The van der Waals surface area contributed by atoms with Gasteiger partial charge in [-0.2, -0.15) is 0 Å². The monoisotopic (exact) mass is 512 g/mol. The quantitative estimate of drug-likeness (QED) is 0.378. The van der Waals surface area contributed by atoms with Gasteiger partial charge in [0.2, 0.25) is 0 Å². The van der Waals surface area contributed by atoms with E-state index in [0.29, 0.717) is 36.1 Å². The Balaban J connectivity index is 2.08. The van der Waals surface area contributed by atoms with Crippen molar-refractivity contribution >= 4 is 17.9 Å². The summed E-state index contributed by atoms with van der Waals surface area (Å²) in [7, 11) is 3.12. The van der Waals surface area contributed by atoms with Crippen molar-refractivity contribution in [3.05, 3.63) is 53.6 Å². The molecule has 1 unspecified atom stereocenters. The molecule has 37 heavy (non-hydrogen) atoms. The molecule has 8 nitrogen and oxygen atoms in total. The molecular weight excluding hydrogens is 472 g/mol. The van der Waals surface area contributed by atoms with Crippen LogP contribution in [0, 0.1) is 5.92 Å². The van der Waals surface area contributed by atoms with Crippen LogP contribution in [0.1, 0.15) is 64.6 Å². The van der Waals surface area contributed by atoms with Crippen LogP contribution in [0.3, 0.4) is 0 Å². The van der Waals surface area contributed by atoms with Crippen LogP contribution in [0.2, 0.25) is 0 Å².